The van der Waals surface area contributed by atoms with Crippen molar-refractivity contribution in [2.24, 2.45) is 0 Å². The molecule has 5 heteroatoms. The molecule has 3 heterocycles. The molecule has 1 aromatic carbocycles. The van der Waals surface area contributed by atoms with E-state index in [0.29, 0.717) is 6.04 Å². The molecule has 0 bridgehead atoms. The Kier molecular flexibility index (Phi) is 5.77. The van der Waals surface area contributed by atoms with Crippen LogP contribution in [0.2, 0.25) is 0 Å². The predicted molar refractivity (Wildman–Crippen MR) is 131 cm³/mol. The van der Waals surface area contributed by atoms with Crippen LogP contribution in [0.4, 0.5) is 5.69 Å². The molecule has 4 aliphatic rings. The number of allylic oxidation sites excluding steroid dienone is 1. The number of piperazine rings is 1. The highest BCUT2D eigenvalue weighted by Crippen LogP contribution is 2.55. The molecule has 1 saturated heterocycles. The highest BCUT2D eigenvalue weighted by atomic mass is 33.1. The van der Waals surface area contributed by atoms with Gasteiger partial charge in [0, 0.05) is 47.9 Å². The normalized spacial score (nSPS) is 19.6. The molecule has 1 aromatic rings. The molecule has 0 N–H and O–H groups in total. The Balaban J connectivity index is 1.46. The summed E-state index contributed by atoms with van der Waals surface area (Å²) in [6.07, 6.45) is 6.61. The Hall–Kier alpha value is -1.95. The lowest BCUT2D eigenvalue weighted by molar-refractivity contribution is 0.208. The fraction of sp³-hybridized carbons (Fsp3) is 0.320. The topological polar surface area (TPSA) is 19.4 Å². The first kappa shape index (κ1) is 20.0. The number of hydrogen-bond acceptors (Lipinski definition) is 5. The molecule has 0 amide bonds. The van der Waals surface area contributed by atoms with Crippen LogP contribution in [-0.2, 0) is 6.42 Å². The van der Waals surface area contributed by atoms with Gasteiger partial charge in [-0.25, -0.2) is 0 Å². The van der Waals surface area contributed by atoms with Crippen LogP contribution in [0.15, 0.2) is 64.5 Å². The van der Waals surface area contributed by atoms with Crippen molar-refractivity contribution in [2.75, 3.05) is 31.6 Å². The monoisotopic (exact) mass is 433 g/mol. The Bertz CT molecular complexity index is 1030. The maximum absolute atomic E-state index is 4.88. The van der Waals surface area contributed by atoms with Crippen molar-refractivity contribution < 1.29 is 0 Å². The highest BCUT2D eigenvalue weighted by Gasteiger charge is 2.32. The molecule has 5 rings (SSSR count). The maximum atomic E-state index is 4.88. The van der Waals surface area contributed by atoms with Gasteiger partial charge in [-0.1, -0.05) is 64.1 Å². The van der Waals surface area contributed by atoms with Gasteiger partial charge in [-0.3, -0.25) is 9.88 Å². The van der Waals surface area contributed by atoms with Crippen LogP contribution >= 0.6 is 21.6 Å². The van der Waals surface area contributed by atoms with Gasteiger partial charge in [0.05, 0.1) is 11.4 Å². The Morgan fingerprint density at radius 3 is 2.73 bits per heavy atom. The van der Waals surface area contributed by atoms with Gasteiger partial charge in [-0.15, -0.1) is 0 Å². The van der Waals surface area contributed by atoms with E-state index in [1.807, 2.05) is 33.9 Å². The van der Waals surface area contributed by atoms with E-state index in [0.717, 1.165) is 31.7 Å². The summed E-state index contributed by atoms with van der Waals surface area (Å²) in [5, 5.41) is 0. The van der Waals surface area contributed by atoms with Gasteiger partial charge in [0.1, 0.15) is 0 Å². The van der Waals surface area contributed by atoms with Gasteiger partial charge in [-0.05, 0) is 49.4 Å². The molecule has 0 radical (unpaired) electrons. The van der Waals surface area contributed by atoms with E-state index in [1.54, 1.807) is 0 Å². The molecule has 0 unspecified atom stereocenters. The number of aromatic nitrogens is 1. The SMILES string of the molecule is CC1=Cc2c(c3ccccnc-3c2N2CCN(C)[C@@H](CCc3ccccc3)C2)SS1. The third kappa shape index (κ3) is 3.86. The summed E-state index contributed by atoms with van der Waals surface area (Å²) in [7, 11) is 6.03. The Morgan fingerprint density at radius 2 is 1.87 bits per heavy atom. The molecule has 1 fully saturated rings. The van der Waals surface area contributed by atoms with Crippen molar-refractivity contribution in [3.8, 4) is 11.3 Å². The first-order valence-corrected chi connectivity index (χ1v) is 12.8. The molecule has 30 heavy (non-hydrogen) atoms. The summed E-state index contributed by atoms with van der Waals surface area (Å²) >= 11 is 0. The molecule has 1 aliphatic carbocycles. The predicted octanol–water partition coefficient (Wildman–Crippen LogP) is 6.05. The summed E-state index contributed by atoms with van der Waals surface area (Å²) in [5.41, 5.74) is 6.57. The van der Waals surface area contributed by atoms with E-state index < -0.39 is 0 Å². The van der Waals surface area contributed by atoms with Crippen LogP contribution in [-0.4, -0.2) is 42.6 Å². The molecule has 3 nitrogen and oxygen atoms in total. The first-order valence-electron chi connectivity index (χ1n) is 10.6. The summed E-state index contributed by atoms with van der Waals surface area (Å²) in [6, 6.07) is 17.8. The molecular weight excluding hydrogens is 406 g/mol. The second-order valence-corrected chi connectivity index (χ2v) is 10.6. The zero-order chi connectivity index (χ0) is 20.5. The van der Waals surface area contributed by atoms with E-state index in [4.69, 9.17) is 4.98 Å². The van der Waals surface area contributed by atoms with Crippen LogP contribution in [0.1, 0.15) is 24.5 Å². The zero-order valence-corrected chi connectivity index (χ0v) is 19.2. The minimum Gasteiger partial charge on any atom is -0.366 e. The van der Waals surface area contributed by atoms with E-state index in [1.165, 1.54) is 38.6 Å². The standard InChI is InChI=1S/C25H27N3S2/c1-18-16-22-24(23-21(25(22)30-29-18)10-6-7-13-26-23)28-15-14-27(2)20(17-28)12-11-19-8-4-3-5-9-19/h3-10,13,16,20H,11-12,14-15,17H2,1-2H3/t20-/m0/s1. The number of fused-ring (bicyclic) bond motifs is 3. The molecule has 0 aromatic heterocycles. The Morgan fingerprint density at radius 1 is 1.03 bits per heavy atom. The number of benzene rings is 1. The molecule has 154 valence electrons. The lowest BCUT2D eigenvalue weighted by Crippen LogP contribution is -2.51. The molecule has 0 saturated carbocycles. The maximum Gasteiger partial charge on any atom is 0.0953 e. The molecule has 1 atom stereocenters. The number of rotatable bonds is 4. The number of aryl methyl sites for hydroxylation is 1. The van der Waals surface area contributed by atoms with E-state index in [-0.39, 0.29) is 0 Å². The largest absolute Gasteiger partial charge is 0.366 e. The van der Waals surface area contributed by atoms with Crippen molar-refractivity contribution in [3.63, 3.8) is 0 Å². The van der Waals surface area contributed by atoms with Crippen LogP contribution in [0.5, 0.6) is 0 Å². The quantitative estimate of drug-likeness (QED) is 0.465. The summed E-state index contributed by atoms with van der Waals surface area (Å²) in [6.45, 7) is 5.40. The lowest BCUT2D eigenvalue weighted by Gasteiger charge is -2.41. The second-order valence-electron chi connectivity index (χ2n) is 8.21. The van der Waals surface area contributed by atoms with Crippen molar-refractivity contribution in [3.05, 3.63) is 70.8 Å². The van der Waals surface area contributed by atoms with Crippen molar-refractivity contribution in [1.29, 1.82) is 0 Å². The van der Waals surface area contributed by atoms with Gasteiger partial charge >= 0.3 is 0 Å². The fourth-order valence-electron chi connectivity index (χ4n) is 4.54. The van der Waals surface area contributed by atoms with Crippen LogP contribution in [0.3, 0.4) is 0 Å². The van der Waals surface area contributed by atoms with Crippen LogP contribution in [0, 0.1) is 0 Å². The van der Waals surface area contributed by atoms with E-state index in [9.17, 15) is 0 Å². The van der Waals surface area contributed by atoms with Gasteiger partial charge in [-0.2, -0.15) is 0 Å². The average Bonchev–Trinajstić information content (AvgIpc) is 2.90. The third-order valence-electron chi connectivity index (χ3n) is 6.19. The number of likely N-dealkylation sites (N-methyl/N-ethyl adjacent to an activating group) is 1. The van der Waals surface area contributed by atoms with Gasteiger partial charge in [0.15, 0.2) is 0 Å². The highest BCUT2D eigenvalue weighted by molar-refractivity contribution is 8.78. The molecular formula is C25H27N3S2. The third-order valence-corrected chi connectivity index (χ3v) is 8.80. The second kappa shape index (κ2) is 8.66. The average molecular weight is 434 g/mol. The van der Waals surface area contributed by atoms with E-state index >= 15 is 0 Å². The van der Waals surface area contributed by atoms with E-state index in [2.05, 4.69) is 72.3 Å². The van der Waals surface area contributed by atoms with Crippen LogP contribution < -0.4 is 4.90 Å². The minimum atomic E-state index is 0.549. The zero-order valence-electron chi connectivity index (χ0n) is 17.5. The van der Waals surface area contributed by atoms with Gasteiger partial charge in [0.25, 0.3) is 0 Å². The summed E-state index contributed by atoms with van der Waals surface area (Å²) in [4.78, 5) is 12.8. The summed E-state index contributed by atoms with van der Waals surface area (Å²) < 4.78 is 0. The fourth-order valence-corrected chi connectivity index (χ4v) is 6.74. The van der Waals surface area contributed by atoms with Gasteiger partial charge < -0.3 is 4.90 Å². The Labute approximate surface area is 187 Å². The van der Waals surface area contributed by atoms with Crippen molar-refractivity contribution >= 4 is 33.4 Å². The molecule has 3 aliphatic heterocycles. The van der Waals surface area contributed by atoms with Crippen molar-refractivity contribution in [1.82, 2.24) is 9.88 Å². The lowest BCUT2D eigenvalue weighted by atomic mass is 10.0. The van der Waals surface area contributed by atoms with Crippen LogP contribution in [0.25, 0.3) is 17.3 Å². The number of hydrogen-bond donors (Lipinski definition) is 0. The smallest absolute Gasteiger partial charge is 0.0953 e. The number of anilines is 1. The van der Waals surface area contributed by atoms with Crippen molar-refractivity contribution in [2.45, 2.75) is 30.7 Å². The summed E-state index contributed by atoms with van der Waals surface area (Å²) in [5.74, 6) is 0. The number of nitrogens with zero attached hydrogens (tertiary/aromatic N) is 3. The minimum absolute atomic E-state index is 0.549. The molecule has 0 spiro atoms. The first-order chi connectivity index (χ1) is 14.7. The van der Waals surface area contributed by atoms with Gasteiger partial charge in [0.2, 0.25) is 0 Å².